The predicted octanol–water partition coefficient (Wildman–Crippen LogP) is 6.20. The van der Waals surface area contributed by atoms with Crippen LogP contribution in [0.5, 0.6) is 0 Å². The van der Waals surface area contributed by atoms with Crippen LogP contribution >= 0.6 is 23.2 Å². The largest absolute Gasteiger partial charge is 0.481 e. The molecule has 0 saturated heterocycles. The van der Waals surface area contributed by atoms with Gasteiger partial charge in [0.25, 0.3) is 5.91 Å². The van der Waals surface area contributed by atoms with E-state index in [4.69, 9.17) is 28.3 Å². The Morgan fingerprint density at radius 1 is 1.03 bits per heavy atom. The van der Waals surface area contributed by atoms with Gasteiger partial charge in [-0.3, -0.25) is 9.59 Å². The molecule has 0 heterocycles. The van der Waals surface area contributed by atoms with Gasteiger partial charge in [0.2, 0.25) is 0 Å². The highest BCUT2D eigenvalue weighted by atomic mass is 35.5. The summed E-state index contributed by atoms with van der Waals surface area (Å²) in [6.45, 7) is 2.53. The van der Waals surface area contributed by atoms with E-state index in [2.05, 4.69) is 17.6 Å². The molecular weight excluding hydrogens is 489 g/mol. The Labute approximate surface area is 215 Å². The minimum atomic E-state index is -0.967. The predicted molar refractivity (Wildman–Crippen MR) is 138 cm³/mol. The molecule has 0 radical (unpaired) electrons. The highest BCUT2D eigenvalue weighted by molar-refractivity contribution is 6.35. The molecule has 3 N–H and O–H groups in total. The number of halogens is 2. The van der Waals surface area contributed by atoms with Crippen LogP contribution in [0.25, 0.3) is 0 Å². The molecule has 7 nitrogen and oxygen atoms in total. The van der Waals surface area contributed by atoms with E-state index < -0.39 is 5.97 Å². The van der Waals surface area contributed by atoms with E-state index in [0.29, 0.717) is 33.8 Å². The van der Waals surface area contributed by atoms with Crippen molar-refractivity contribution in [2.75, 3.05) is 11.9 Å². The lowest BCUT2D eigenvalue weighted by Crippen LogP contribution is -2.45. The molecule has 9 heteroatoms. The third-order valence-electron chi connectivity index (χ3n) is 6.39. The molecule has 1 atom stereocenters. The van der Waals surface area contributed by atoms with Gasteiger partial charge in [-0.1, -0.05) is 54.6 Å². The molecule has 1 aliphatic carbocycles. The van der Waals surface area contributed by atoms with Gasteiger partial charge in [-0.2, -0.15) is 0 Å². The number of carbonyl (C=O) groups excluding carboxylic acids is 2. The summed E-state index contributed by atoms with van der Waals surface area (Å²) < 4.78 is 0. The number of aliphatic carboxylic acids is 1. The maximum Gasteiger partial charge on any atom is 0.322 e. The smallest absolute Gasteiger partial charge is 0.322 e. The van der Waals surface area contributed by atoms with E-state index in [-0.39, 0.29) is 30.9 Å². The minimum absolute atomic E-state index is 0.0175. The normalized spacial score (nSPS) is 14.7. The molecule has 0 unspecified atom stereocenters. The maximum absolute atomic E-state index is 13.4. The average Bonchev–Trinajstić information content (AvgIpc) is 2.82. The number of hydrogen-bond donors (Lipinski definition) is 3. The second-order valence-electron chi connectivity index (χ2n) is 8.95. The van der Waals surface area contributed by atoms with Gasteiger partial charge in [0.1, 0.15) is 0 Å². The molecule has 3 rings (SSSR count). The fourth-order valence-corrected chi connectivity index (χ4v) is 4.96. The molecule has 1 fully saturated rings. The van der Waals surface area contributed by atoms with Crippen molar-refractivity contribution in [1.82, 2.24) is 10.2 Å². The van der Waals surface area contributed by atoms with Crippen LogP contribution < -0.4 is 10.6 Å². The Balaban J connectivity index is 1.73. The van der Waals surface area contributed by atoms with Crippen LogP contribution in [0.2, 0.25) is 10.0 Å². The van der Waals surface area contributed by atoms with Crippen molar-refractivity contribution in [2.45, 2.75) is 58.0 Å². The number of carbonyl (C=O) groups is 3. The number of benzene rings is 2. The SMILES string of the molecule is C[C@@H](C1CCCCC1)N(Cc1ccc(C(=O)NCCC(=O)O)cc1)C(=O)Nc1cc(Cl)cc(Cl)c1. The van der Waals surface area contributed by atoms with Crippen LogP contribution in [0.4, 0.5) is 10.5 Å². The number of anilines is 1. The Hall–Kier alpha value is -2.77. The van der Waals surface area contributed by atoms with Crippen LogP contribution in [0.3, 0.4) is 0 Å². The quantitative estimate of drug-likeness (QED) is 0.367. The fourth-order valence-electron chi connectivity index (χ4n) is 4.44. The average molecular weight is 520 g/mol. The highest BCUT2D eigenvalue weighted by Crippen LogP contribution is 2.30. The first-order valence-electron chi connectivity index (χ1n) is 11.9. The lowest BCUT2D eigenvalue weighted by molar-refractivity contribution is -0.136. The number of urea groups is 1. The first kappa shape index (κ1) is 26.8. The van der Waals surface area contributed by atoms with E-state index >= 15 is 0 Å². The monoisotopic (exact) mass is 519 g/mol. The van der Waals surface area contributed by atoms with E-state index in [1.54, 1.807) is 30.3 Å². The van der Waals surface area contributed by atoms with E-state index in [0.717, 1.165) is 18.4 Å². The minimum Gasteiger partial charge on any atom is -0.481 e. The molecule has 2 aromatic carbocycles. The summed E-state index contributed by atoms with van der Waals surface area (Å²) in [5, 5.41) is 15.1. The van der Waals surface area contributed by atoms with Crippen LogP contribution in [0.1, 0.15) is 61.4 Å². The standard InChI is InChI=1S/C26H31Cl2N3O4/c1-17(19-5-3-2-4-6-19)31(26(35)30-23-14-21(27)13-22(28)15-23)16-18-7-9-20(10-8-18)25(34)29-12-11-24(32)33/h7-10,13-15,17,19H,2-6,11-12,16H2,1H3,(H,29,34)(H,30,35)(H,32,33)/t17-/m0/s1. The summed E-state index contributed by atoms with van der Waals surface area (Å²) in [4.78, 5) is 38.1. The molecule has 2 aromatic rings. The third kappa shape index (κ3) is 8.15. The molecule has 0 bridgehead atoms. The van der Waals surface area contributed by atoms with Crippen molar-refractivity contribution in [2.24, 2.45) is 5.92 Å². The van der Waals surface area contributed by atoms with Crippen molar-refractivity contribution in [3.8, 4) is 0 Å². The van der Waals surface area contributed by atoms with Gasteiger partial charge in [-0.25, -0.2) is 4.79 Å². The first-order valence-corrected chi connectivity index (χ1v) is 12.6. The van der Waals surface area contributed by atoms with Gasteiger partial charge in [0, 0.05) is 40.4 Å². The Bertz CT molecular complexity index is 1020. The van der Waals surface area contributed by atoms with Gasteiger partial charge < -0.3 is 20.6 Å². The number of amides is 3. The van der Waals surface area contributed by atoms with E-state index in [9.17, 15) is 14.4 Å². The second-order valence-corrected chi connectivity index (χ2v) is 9.82. The van der Waals surface area contributed by atoms with Crippen LogP contribution in [-0.2, 0) is 11.3 Å². The van der Waals surface area contributed by atoms with E-state index in [1.165, 1.54) is 19.3 Å². The Morgan fingerprint density at radius 2 is 1.66 bits per heavy atom. The van der Waals surface area contributed by atoms with Crippen molar-refractivity contribution in [3.63, 3.8) is 0 Å². The number of nitrogens with zero attached hydrogens (tertiary/aromatic N) is 1. The number of carboxylic acid groups (broad SMARTS) is 1. The number of carboxylic acids is 1. The van der Waals surface area contributed by atoms with Crippen LogP contribution in [0, 0.1) is 5.92 Å². The molecule has 0 aromatic heterocycles. The van der Waals surface area contributed by atoms with Crippen molar-refractivity contribution < 1.29 is 19.5 Å². The Kier molecular flexibility index (Phi) is 9.81. The zero-order chi connectivity index (χ0) is 25.4. The highest BCUT2D eigenvalue weighted by Gasteiger charge is 2.29. The molecule has 0 spiro atoms. The Morgan fingerprint density at radius 3 is 2.26 bits per heavy atom. The molecule has 1 saturated carbocycles. The fraction of sp³-hybridized carbons (Fsp3) is 0.423. The molecule has 188 valence electrons. The zero-order valence-electron chi connectivity index (χ0n) is 19.7. The summed E-state index contributed by atoms with van der Waals surface area (Å²) in [5.74, 6) is -0.885. The molecular formula is C26H31Cl2N3O4. The summed E-state index contributed by atoms with van der Waals surface area (Å²) in [5.41, 5.74) is 1.85. The molecule has 35 heavy (non-hydrogen) atoms. The second kappa shape index (κ2) is 12.8. The van der Waals surface area contributed by atoms with Crippen LogP contribution in [0.15, 0.2) is 42.5 Å². The van der Waals surface area contributed by atoms with Gasteiger partial charge >= 0.3 is 12.0 Å². The van der Waals surface area contributed by atoms with Crippen molar-refractivity contribution in [3.05, 3.63) is 63.6 Å². The summed E-state index contributed by atoms with van der Waals surface area (Å²) >= 11 is 12.2. The molecule has 0 aliphatic heterocycles. The van der Waals surface area contributed by atoms with Gasteiger partial charge in [-0.15, -0.1) is 0 Å². The number of rotatable bonds is 9. The molecule has 1 aliphatic rings. The third-order valence-corrected chi connectivity index (χ3v) is 6.83. The van der Waals surface area contributed by atoms with Crippen molar-refractivity contribution in [1.29, 1.82) is 0 Å². The topological polar surface area (TPSA) is 98.7 Å². The molecule has 3 amide bonds. The van der Waals surface area contributed by atoms with Gasteiger partial charge in [0.05, 0.1) is 6.42 Å². The lowest BCUT2D eigenvalue weighted by atomic mass is 9.84. The number of nitrogens with one attached hydrogen (secondary N) is 2. The lowest BCUT2D eigenvalue weighted by Gasteiger charge is -2.37. The first-order chi connectivity index (χ1) is 16.7. The zero-order valence-corrected chi connectivity index (χ0v) is 21.2. The summed E-state index contributed by atoms with van der Waals surface area (Å²) in [7, 11) is 0. The maximum atomic E-state index is 13.4. The van der Waals surface area contributed by atoms with Gasteiger partial charge in [0.15, 0.2) is 0 Å². The van der Waals surface area contributed by atoms with Crippen molar-refractivity contribution >= 4 is 46.8 Å². The summed E-state index contributed by atoms with van der Waals surface area (Å²) in [6.07, 6.45) is 5.60. The number of hydrogen-bond acceptors (Lipinski definition) is 3. The van der Waals surface area contributed by atoms with Gasteiger partial charge in [-0.05, 0) is 61.6 Å². The van der Waals surface area contributed by atoms with Crippen LogP contribution in [-0.4, -0.2) is 40.5 Å². The van der Waals surface area contributed by atoms with E-state index in [1.807, 2.05) is 17.0 Å². The summed E-state index contributed by atoms with van der Waals surface area (Å²) in [6, 6.07) is 11.7.